The molecule has 2 aromatic carbocycles. The van der Waals surface area contributed by atoms with Gasteiger partial charge in [-0.2, -0.15) is 0 Å². The average molecular weight is 341 g/mol. The third-order valence-corrected chi connectivity index (χ3v) is 5.10. The van der Waals surface area contributed by atoms with Gasteiger partial charge in [-0.25, -0.2) is 4.39 Å². The predicted molar refractivity (Wildman–Crippen MR) is 91.3 cm³/mol. The number of nitrogens with one attached hydrogen (secondary N) is 1. The normalized spacial score (nSPS) is 20.4. The summed E-state index contributed by atoms with van der Waals surface area (Å²) in [5.41, 5.74) is 0.338. The van der Waals surface area contributed by atoms with Crippen molar-refractivity contribution in [3.05, 3.63) is 59.9 Å². The van der Waals surface area contributed by atoms with Crippen molar-refractivity contribution >= 4 is 5.91 Å². The number of ether oxygens (including phenoxy) is 2. The highest BCUT2D eigenvalue weighted by Crippen LogP contribution is 2.44. The van der Waals surface area contributed by atoms with Gasteiger partial charge in [-0.05, 0) is 42.7 Å². The highest BCUT2D eigenvalue weighted by molar-refractivity contribution is 5.89. The minimum atomic E-state index is -0.541. The Bertz CT molecular complexity index is 771. The second-order valence-corrected chi connectivity index (χ2v) is 6.65. The summed E-state index contributed by atoms with van der Waals surface area (Å²) >= 11 is 0. The van der Waals surface area contributed by atoms with Crippen molar-refractivity contribution in [2.75, 3.05) is 13.2 Å². The summed E-state index contributed by atoms with van der Waals surface area (Å²) in [6.07, 6.45) is 2.36. The molecular formula is C20H20FNO3. The summed E-state index contributed by atoms with van der Waals surface area (Å²) in [5, 5.41) is 3.00. The summed E-state index contributed by atoms with van der Waals surface area (Å²) in [5.74, 6) is 1.12. The highest BCUT2D eigenvalue weighted by Gasteiger charge is 2.45. The van der Waals surface area contributed by atoms with Crippen LogP contribution in [0.4, 0.5) is 4.39 Å². The molecule has 130 valence electrons. The Morgan fingerprint density at radius 1 is 1.12 bits per heavy atom. The van der Waals surface area contributed by atoms with E-state index in [1.807, 2.05) is 24.3 Å². The number of rotatable bonds is 4. The van der Waals surface area contributed by atoms with E-state index in [-0.39, 0.29) is 17.8 Å². The summed E-state index contributed by atoms with van der Waals surface area (Å²) < 4.78 is 24.7. The van der Waals surface area contributed by atoms with Crippen LogP contribution in [-0.2, 0) is 10.2 Å². The van der Waals surface area contributed by atoms with E-state index in [1.54, 1.807) is 12.1 Å². The lowest BCUT2D eigenvalue weighted by atomic mass is 9.64. The number of carbonyl (C=O) groups is 1. The molecule has 1 heterocycles. The molecule has 1 aliphatic carbocycles. The maximum absolute atomic E-state index is 13.2. The number of fused-ring (bicyclic) bond motifs is 1. The van der Waals surface area contributed by atoms with Gasteiger partial charge in [0.1, 0.15) is 18.5 Å². The van der Waals surface area contributed by atoms with E-state index in [9.17, 15) is 9.18 Å². The zero-order valence-corrected chi connectivity index (χ0v) is 13.8. The van der Waals surface area contributed by atoms with Gasteiger partial charge in [0.2, 0.25) is 5.91 Å². The van der Waals surface area contributed by atoms with Crippen molar-refractivity contribution in [3.63, 3.8) is 0 Å². The Morgan fingerprint density at radius 2 is 1.84 bits per heavy atom. The summed E-state index contributed by atoms with van der Waals surface area (Å²) in [6, 6.07) is 13.8. The first-order chi connectivity index (χ1) is 12.2. The monoisotopic (exact) mass is 341 g/mol. The van der Waals surface area contributed by atoms with E-state index in [1.165, 1.54) is 12.1 Å². The van der Waals surface area contributed by atoms with E-state index in [2.05, 4.69) is 5.32 Å². The fourth-order valence-corrected chi connectivity index (χ4v) is 3.49. The lowest BCUT2D eigenvalue weighted by Crippen LogP contribution is -2.52. The Labute approximate surface area is 146 Å². The number of hydrogen-bond donors (Lipinski definition) is 1. The topological polar surface area (TPSA) is 47.6 Å². The number of para-hydroxylation sites is 2. The van der Waals surface area contributed by atoms with Crippen LogP contribution in [-0.4, -0.2) is 25.2 Å². The molecule has 0 radical (unpaired) electrons. The summed E-state index contributed by atoms with van der Waals surface area (Å²) in [7, 11) is 0. The number of halogens is 1. The van der Waals surface area contributed by atoms with Crippen LogP contribution in [0, 0.1) is 5.82 Å². The first kappa shape index (κ1) is 15.9. The molecule has 0 aromatic heterocycles. The Hall–Kier alpha value is -2.56. The Kier molecular flexibility index (Phi) is 4.07. The van der Waals surface area contributed by atoms with Crippen molar-refractivity contribution in [3.8, 4) is 11.5 Å². The zero-order chi connectivity index (χ0) is 17.3. The Morgan fingerprint density at radius 3 is 2.52 bits per heavy atom. The van der Waals surface area contributed by atoms with Crippen molar-refractivity contribution in [2.24, 2.45) is 0 Å². The van der Waals surface area contributed by atoms with E-state index in [0.717, 1.165) is 30.6 Å². The van der Waals surface area contributed by atoms with Gasteiger partial charge in [-0.1, -0.05) is 30.7 Å². The van der Waals surface area contributed by atoms with Gasteiger partial charge in [0.15, 0.2) is 11.5 Å². The van der Waals surface area contributed by atoms with Crippen LogP contribution in [0.3, 0.4) is 0 Å². The molecular weight excluding hydrogens is 321 g/mol. The quantitative estimate of drug-likeness (QED) is 0.929. The summed E-state index contributed by atoms with van der Waals surface area (Å²) in [4.78, 5) is 12.8. The summed E-state index contributed by atoms with van der Waals surface area (Å²) in [6.45, 7) is 0.789. The maximum Gasteiger partial charge on any atom is 0.230 e. The van der Waals surface area contributed by atoms with E-state index < -0.39 is 5.41 Å². The number of hydrogen-bond acceptors (Lipinski definition) is 3. The van der Waals surface area contributed by atoms with Gasteiger partial charge in [-0.15, -0.1) is 0 Å². The molecule has 4 rings (SSSR count). The van der Waals surface area contributed by atoms with E-state index in [0.29, 0.717) is 18.9 Å². The molecule has 0 spiro atoms. The second kappa shape index (κ2) is 6.39. The molecule has 1 saturated carbocycles. The molecule has 0 saturated heterocycles. The Balaban J connectivity index is 1.41. The number of benzene rings is 2. The molecule has 1 N–H and O–H groups in total. The standard InChI is InChI=1S/C20H20FNO3/c21-15-8-6-14(7-9-15)20(10-3-11-20)19(23)22-12-16-13-24-17-4-1-2-5-18(17)25-16/h1-2,4-9,16H,3,10-13H2,(H,22,23). The van der Waals surface area contributed by atoms with Gasteiger partial charge in [0.25, 0.3) is 0 Å². The molecule has 1 amide bonds. The van der Waals surface area contributed by atoms with Crippen LogP contribution in [0.2, 0.25) is 0 Å². The molecule has 1 atom stereocenters. The fourth-order valence-electron chi connectivity index (χ4n) is 3.49. The minimum Gasteiger partial charge on any atom is -0.486 e. The van der Waals surface area contributed by atoms with Crippen LogP contribution in [0.5, 0.6) is 11.5 Å². The van der Waals surface area contributed by atoms with Crippen LogP contribution in [0.1, 0.15) is 24.8 Å². The molecule has 2 aromatic rings. The molecule has 2 aliphatic rings. The van der Waals surface area contributed by atoms with Gasteiger partial charge in [0, 0.05) is 0 Å². The molecule has 5 heteroatoms. The zero-order valence-electron chi connectivity index (χ0n) is 13.8. The molecule has 0 bridgehead atoms. The molecule has 1 fully saturated rings. The van der Waals surface area contributed by atoms with Gasteiger partial charge >= 0.3 is 0 Å². The highest BCUT2D eigenvalue weighted by atomic mass is 19.1. The van der Waals surface area contributed by atoms with Crippen LogP contribution in [0.25, 0.3) is 0 Å². The fraction of sp³-hybridized carbons (Fsp3) is 0.350. The van der Waals surface area contributed by atoms with Crippen molar-refractivity contribution in [1.29, 1.82) is 0 Å². The first-order valence-electron chi connectivity index (χ1n) is 8.60. The van der Waals surface area contributed by atoms with Crippen LogP contribution in [0.15, 0.2) is 48.5 Å². The first-order valence-corrected chi connectivity index (χ1v) is 8.60. The second-order valence-electron chi connectivity index (χ2n) is 6.65. The van der Waals surface area contributed by atoms with E-state index in [4.69, 9.17) is 9.47 Å². The maximum atomic E-state index is 13.2. The van der Waals surface area contributed by atoms with Gasteiger partial charge in [-0.3, -0.25) is 4.79 Å². The third kappa shape index (κ3) is 2.95. The molecule has 1 unspecified atom stereocenters. The predicted octanol–water partition coefficient (Wildman–Crippen LogP) is 3.20. The van der Waals surface area contributed by atoms with Crippen LogP contribution < -0.4 is 14.8 Å². The lowest BCUT2D eigenvalue weighted by Gasteiger charge is -2.41. The van der Waals surface area contributed by atoms with E-state index >= 15 is 0 Å². The van der Waals surface area contributed by atoms with Crippen molar-refractivity contribution in [1.82, 2.24) is 5.32 Å². The molecule has 25 heavy (non-hydrogen) atoms. The average Bonchev–Trinajstić information content (AvgIpc) is 2.60. The van der Waals surface area contributed by atoms with Crippen molar-refractivity contribution < 1.29 is 18.7 Å². The van der Waals surface area contributed by atoms with Crippen molar-refractivity contribution in [2.45, 2.75) is 30.8 Å². The lowest BCUT2D eigenvalue weighted by molar-refractivity contribution is -0.130. The third-order valence-electron chi connectivity index (χ3n) is 5.10. The minimum absolute atomic E-state index is 0.0205. The smallest absolute Gasteiger partial charge is 0.230 e. The SMILES string of the molecule is O=C(NCC1COc2ccccc2O1)C1(c2ccc(F)cc2)CCC1. The molecule has 4 nitrogen and oxygen atoms in total. The van der Waals surface area contributed by atoms with Crippen LogP contribution >= 0.6 is 0 Å². The molecule has 1 aliphatic heterocycles. The van der Waals surface area contributed by atoms with Gasteiger partial charge in [0.05, 0.1) is 12.0 Å². The number of amides is 1. The van der Waals surface area contributed by atoms with Gasteiger partial charge < -0.3 is 14.8 Å². The largest absolute Gasteiger partial charge is 0.486 e. The number of carbonyl (C=O) groups excluding carboxylic acids is 1.